The van der Waals surface area contributed by atoms with Gasteiger partial charge >= 0.3 is 0 Å². The Morgan fingerprint density at radius 2 is 1.70 bits per heavy atom. The van der Waals surface area contributed by atoms with Crippen LogP contribution in [0.15, 0.2) is 18.2 Å². The number of carbonyl (C=O) groups excluding carboxylic acids is 1. The van der Waals surface area contributed by atoms with E-state index in [1.165, 1.54) is 31.0 Å². The molecule has 1 amide bonds. The number of amides is 1. The van der Waals surface area contributed by atoms with Gasteiger partial charge in [-0.05, 0) is 31.5 Å². The first-order valence-corrected chi connectivity index (χ1v) is 7.16. The predicted molar refractivity (Wildman–Crippen MR) is 78.9 cm³/mol. The summed E-state index contributed by atoms with van der Waals surface area (Å²) in [6.45, 7) is 1.33. The summed E-state index contributed by atoms with van der Waals surface area (Å²) >= 11 is 0. The van der Waals surface area contributed by atoms with Crippen molar-refractivity contribution in [1.29, 1.82) is 0 Å². The average molecular weight is 280 g/mol. The summed E-state index contributed by atoms with van der Waals surface area (Å²) in [7, 11) is 0. The molecule has 1 rings (SSSR count). The molecule has 1 aromatic rings. The number of hydrogen-bond acceptors (Lipinski definition) is 4. The molecule has 0 aliphatic heterocycles. The van der Waals surface area contributed by atoms with E-state index in [4.69, 9.17) is 5.73 Å². The largest absolute Gasteiger partial charge is 0.504 e. The van der Waals surface area contributed by atoms with Gasteiger partial charge in [0.05, 0.1) is 5.56 Å². The molecule has 1 aromatic carbocycles. The van der Waals surface area contributed by atoms with Crippen LogP contribution in [-0.2, 0) is 0 Å². The Hall–Kier alpha value is -1.75. The molecular formula is C15H24N2O3. The number of para-hydroxylation sites is 1. The van der Waals surface area contributed by atoms with Gasteiger partial charge in [0.15, 0.2) is 11.5 Å². The summed E-state index contributed by atoms with van der Waals surface area (Å²) in [6, 6.07) is 4.35. The highest BCUT2D eigenvalue weighted by Crippen LogP contribution is 2.27. The second-order valence-corrected chi connectivity index (χ2v) is 4.84. The van der Waals surface area contributed by atoms with E-state index in [0.29, 0.717) is 6.54 Å². The molecule has 0 saturated carbocycles. The van der Waals surface area contributed by atoms with Crippen molar-refractivity contribution in [3.63, 3.8) is 0 Å². The van der Waals surface area contributed by atoms with Crippen LogP contribution < -0.4 is 11.1 Å². The number of rotatable bonds is 9. The fourth-order valence-corrected chi connectivity index (χ4v) is 1.99. The molecule has 0 aromatic heterocycles. The van der Waals surface area contributed by atoms with Crippen molar-refractivity contribution >= 4 is 5.91 Å². The van der Waals surface area contributed by atoms with Crippen LogP contribution in [0.5, 0.6) is 11.5 Å². The van der Waals surface area contributed by atoms with Gasteiger partial charge in [0.25, 0.3) is 5.91 Å². The molecule has 0 spiro atoms. The van der Waals surface area contributed by atoms with E-state index < -0.39 is 0 Å². The van der Waals surface area contributed by atoms with Crippen molar-refractivity contribution < 1.29 is 15.0 Å². The lowest BCUT2D eigenvalue weighted by Crippen LogP contribution is -2.24. The first-order chi connectivity index (χ1) is 9.66. The maximum Gasteiger partial charge on any atom is 0.255 e. The van der Waals surface area contributed by atoms with E-state index in [9.17, 15) is 15.0 Å². The van der Waals surface area contributed by atoms with Gasteiger partial charge in [0, 0.05) is 6.54 Å². The van der Waals surface area contributed by atoms with Crippen LogP contribution in [0.1, 0.15) is 48.9 Å². The Labute approximate surface area is 119 Å². The summed E-state index contributed by atoms with van der Waals surface area (Å²) in [5.74, 6) is -1.01. The quantitative estimate of drug-likeness (QED) is 0.411. The average Bonchev–Trinajstić information content (AvgIpc) is 2.44. The minimum atomic E-state index is -0.369. The molecule has 0 saturated heterocycles. The second kappa shape index (κ2) is 9.20. The molecule has 0 atom stereocenters. The standard InChI is InChI=1S/C15H24N2O3/c16-10-5-3-1-2-4-6-11-17-15(20)12-8-7-9-13(18)14(12)19/h7-9,18-19H,1-6,10-11,16H2,(H,17,20). The molecule has 5 heteroatoms. The molecule has 20 heavy (non-hydrogen) atoms. The predicted octanol–water partition coefficient (Wildman–Crippen LogP) is 2.13. The number of nitrogens with two attached hydrogens (primary N) is 1. The third-order valence-corrected chi connectivity index (χ3v) is 3.18. The number of aromatic hydroxyl groups is 2. The molecule has 0 radical (unpaired) electrons. The van der Waals surface area contributed by atoms with Gasteiger partial charge in [-0.1, -0.05) is 31.7 Å². The molecule has 5 N–H and O–H groups in total. The summed E-state index contributed by atoms with van der Waals surface area (Å²) < 4.78 is 0. The minimum Gasteiger partial charge on any atom is -0.504 e. The van der Waals surface area contributed by atoms with E-state index >= 15 is 0 Å². The molecule has 0 heterocycles. The lowest BCUT2D eigenvalue weighted by Gasteiger charge is -2.07. The molecule has 112 valence electrons. The fraction of sp³-hybridized carbons (Fsp3) is 0.533. The van der Waals surface area contributed by atoms with Crippen molar-refractivity contribution in [2.75, 3.05) is 13.1 Å². The van der Waals surface area contributed by atoms with E-state index in [-0.39, 0.29) is 23.0 Å². The zero-order valence-electron chi connectivity index (χ0n) is 11.8. The SMILES string of the molecule is NCCCCCCCCNC(=O)c1cccc(O)c1O. The zero-order chi connectivity index (χ0) is 14.8. The number of benzene rings is 1. The lowest BCUT2D eigenvalue weighted by molar-refractivity contribution is 0.0949. The summed E-state index contributed by atoms with van der Waals surface area (Å²) in [6.07, 6.45) is 6.55. The molecule has 0 fully saturated rings. The van der Waals surface area contributed by atoms with Crippen molar-refractivity contribution in [3.8, 4) is 11.5 Å². The summed E-state index contributed by atoms with van der Waals surface area (Å²) in [5.41, 5.74) is 5.52. The number of hydrogen-bond donors (Lipinski definition) is 4. The highest BCUT2D eigenvalue weighted by Gasteiger charge is 2.12. The van der Waals surface area contributed by atoms with Crippen molar-refractivity contribution in [2.45, 2.75) is 38.5 Å². The number of phenolic OH excluding ortho intramolecular Hbond substituents is 2. The third-order valence-electron chi connectivity index (χ3n) is 3.18. The number of nitrogens with one attached hydrogen (secondary N) is 1. The highest BCUT2D eigenvalue weighted by molar-refractivity contribution is 5.97. The molecule has 5 nitrogen and oxygen atoms in total. The zero-order valence-corrected chi connectivity index (χ0v) is 11.8. The Morgan fingerprint density at radius 3 is 2.40 bits per heavy atom. The van der Waals surface area contributed by atoms with Gasteiger partial charge in [0.2, 0.25) is 0 Å². The van der Waals surface area contributed by atoms with E-state index in [1.54, 1.807) is 0 Å². The van der Waals surface area contributed by atoms with Gasteiger partial charge in [-0.2, -0.15) is 0 Å². The monoisotopic (exact) mass is 280 g/mol. The third kappa shape index (κ3) is 5.48. The number of carbonyl (C=O) groups is 1. The highest BCUT2D eigenvalue weighted by atomic mass is 16.3. The van der Waals surface area contributed by atoms with Crippen molar-refractivity contribution in [2.24, 2.45) is 5.73 Å². The Kier molecular flexibility index (Phi) is 7.50. The van der Waals surface area contributed by atoms with Crippen LogP contribution >= 0.6 is 0 Å². The Balaban J connectivity index is 2.19. The van der Waals surface area contributed by atoms with E-state index in [0.717, 1.165) is 32.2 Å². The van der Waals surface area contributed by atoms with Crippen LogP contribution in [0, 0.1) is 0 Å². The smallest absolute Gasteiger partial charge is 0.255 e. The summed E-state index contributed by atoms with van der Waals surface area (Å²) in [4.78, 5) is 11.8. The van der Waals surface area contributed by atoms with Crippen LogP contribution in [0.25, 0.3) is 0 Å². The van der Waals surface area contributed by atoms with Gasteiger partial charge in [0.1, 0.15) is 0 Å². The molecular weight excluding hydrogens is 256 g/mol. The topological polar surface area (TPSA) is 95.6 Å². The fourth-order valence-electron chi connectivity index (χ4n) is 1.99. The van der Waals surface area contributed by atoms with Crippen molar-refractivity contribution in [3.05, 3.63) is 23.8 Å². The number of unbranched alkanes of at least 4 members (excludes halogenated alkanes) is 5. The molecule has 0 unspecified atom stereocenters. The van der Waals surface area contributed by atoms with Crippen LogP contribution in [0.2, 0.25) is 0 Å². The van der Waals surface area contributed by atoms with Crippen molar-refractivity contribution in [1.82, 2.24) is 5.32 Å². The minimum absolute atomic E-state index is 0.105. The van der Waals surface area contributed by atoms with E-state index in [1.807, 2.05) is 0 Å². The normalized spacial score (nSPS) is 10.4. The molecule has 0 aliphatic rings. The maximum absolute atomic E-state index is 11.8. The lowest BCUT2D eigenvalue weighted by atomic mass is 10.1. The van der Waals surface area contributed by atoms with Gasteiger partial charge in [-0.3, -0.25) is 4.79 Å². The Morgan fingerprint density at radius 1 is 1.05 bits per heavy atom. The van der Waals surface area contributed by atoms with Gasteiger partial charge < -0.3 is 21.3 Å². The maximum atomic E-state index is 11.8. The Bertz CT molecular complexity index is 422. The van der Waals surface area contributed by atoms with Crippen LogP contribution in [-0.4, -0.2) is 29.2 Å². The molecule has 0 bridgehead atoms. The second-order valence-electron chi connectivity index (χ2n) is 4.84. The van der Waals surface area contributed by atoms with Gasteiger partial charge in [-0.25, -0.2) is 0 Å². The number of phenols is 2. The first kappa shape index (κ1) is 16.3. The van der Waals surface area contributed by atoms with E-state index in [2.05, 4.69) is 5.32 Å². The first-order valence-electron chi connectivity index (χ1n) is 7.16. The van der Waals surface area contributed by atoms with Crippen LogP contribution in [0.3, 0.4) is 0 Å². The van der Waals surface area contributed by atoms with Gasteiger partial charge in [-0.15, -0.1) is 0 Å². The summed E-state index contributed by atoms with van der Waals surface area (Å²) in [5, 5.41) is 21.6. The molecule has 0 aliphatic carbocycles. The van der Waals surface area contributed by atoms with Crippen LogP contribution in [0.4, 0.5) is 0 Å².